The molecule has 21 heavy (non-hydrogen) atoms. The Balaban J connectivity index is 2.36. The molecule has 0 saturated heterocycles. The van der Waals surface area contributed by atoms with Crippen LogP contribution in [0.3, 0.4) is 0 Å². The molecule has 2 aromatic rings. The predicted molar refractivity (Wildman–Crippen MR) is 83.7 cm³/mol. The van der Waals surface area contributed by atoms with E-state index in [0.717, 1.165) is 34.9 Å². The predicted octanol–water partition coefficient (Wildman–Crippen LogP) is 2.98. The van der Waals surface area contributed by atoms with Crippen molar-refractivity contribution in [2.75, 3.05) is 14.2 Å². The molecule has 2 rings (SSSR count). The molecule has 0 saturated carbocycles. The van der Waals surface area contributed by atoms with E-state index in [1.165, 1.54) is 0 Å². The zero-order valence-electron chi connectivity index (χ0n) is 13.3. The topological polar surface area (TPSA) is 59.2 Å². The first-order valence-electron chi connectivity index (χ1n) is 6.94. The Hall–Kier alpha value is -2.01. The van der Waals surface area contributed by atoms with E-state index in [9.17, 15) is 0 Å². The van der Waals surface area contributed by atoms with E-state index >= 15 is 0 Å². The van der Waals surface area contributed by atoms with Gasteiger partial charge in [-0.1, -0.05) is 0 Å². The Morgan fingerprint density at radius 2 is 1.95 bits per heavy atom. The highest BCUT2D eigenvalue weighted by Crippen LogP contribution is 2.34. The molecule has 0 atom stereocenters. The summed E-state index contributed by atoms with van der Waals surface area (Å²) in [6.07, 6.45) is 1.84. The van der Waals surface area contributed by atoms with Crippen LogP contribution in [0.5, 0.6) is 11.5 Å². The fraction of sp³-hybridized carbons (Fsp3) is 0.438. The lowest BCUT2D eigenvalue weighted by Crippen LogP contribution is -2.35. The number of ether oxygens (including phenoxy) is 2. The molecule has 1 aromatic heterocycles. The molecule has 0 bridgehead atoms. The number of aromatic amines is 1. The Kier molecular flexibility index (Phi) is 4.53. The number of methoxy groups -OCH3 is 2. The average Bonchev–Trinajstić information content (AvgIpc) is 2.92. The quantitative estimate of drug-likeness (QED) is 0.888. The molecular weight excluding hydrogens is 266 g/mol. The Bertz CT molecular complexity index is 600. The smallest absolute Gasteiger partial charge is 0.128 e. The van der Waals surface area contributed by atoms with Gasteiger partial charge in [0.2, 0.25) is 0 Å². The monoisotopic (exact) mass is 289 g/mol. The van der Waals surface area contributed by atoms with Gasteiger partial charge in [0.15, 0.2) is 0 Å². The molecule has 0 spiro atoms. The number of nitrogens with zero attached hydrogens (tertiary/aromatic N) is 1. The van der Waals surface area contributed by atoms with Crippen LogP contribution in [0.25, 0.3) is 11.3 Å². The van der Waals surface area contributed by atoms with Gasteiger partial charge in [0.25, 0.3) is 0 Å². The first kappa shape index (κ1) is 15.4. The van der Waals surface area contributed by atoms with Gasteiger partial charge >= 0.3 is 0 Å². The molecule has 0 radical (unpaired) electrons. The zero-order valence-corrected chi connectivity index (χ0v) is 13.3. The molecule has 0 fully saturated rings. The van der Waals surface area contributed by atoms with Crippen molar-refractivity contribution >= 4 is 0 Å². The Morgan fingerprint density at radius 1 is 1.19 bits per heavy atom. The standard InChI is InChI=1S/C16H23N3O2/c1-16(2,3)17-9-11-10-18-19-15(11)13-8-12(20-4)6-7-14(13)21-5/h6-8,10,17H,9H2,1-5H3,(H,18,19). The van der Waals surface area contributed by atoms with Crippen molar-refractivity contribution in [3.05, 3.63) is 30.0 Å². The summed E-state index contributed by atoms with van der Waals surface area (Å²) in [5.74, 6) is 1.58. The van der Waals surface area contributed by atoms with Gasteiger partial charge in [0.05, 0.1) is 26.1 Å². The lowest BCUT2D eigenvalue weighted by atomic mass is 10.0. The number of H-pyrrole nitrogens is 1. The minimum absolute atomic E-state index is 0.0486. The number of nitrogens with one attached hydrogen (secondary N) is 2. The Labute approximate surface area is 125 Å². The third kappa shape index (κ3) is 3.76. The molecule has 2 N–H and O–H groups in total. The van der Waals surface area contributed by atoms with Gasteiger partial charge in [0, 0.05) is 23.2 Å². The molecule has 1 heterocycles. The summed E-state index contributed by atoms with van der Waals surface area (Å²) in [6, 6.07) is 5.73. The summed E-state index contributed by atoms with van der Waals surface area (Å²) < 4.78 is 10.7. The second kappa shape index (κ2) is 6.18. The van der Waals surface area contributed by atoms with Crippen LogP contribution in [0.2, 0.25) is 0 Å². The molecule has 1 aromatic carbocycles. The van der Waals surface area contributed by atoms with Crippen LogP contribution in [-0.2, 0) is 6.54 Å². The van der Waals surface area contributed by atoms with Crippen molar-refractivity contribution in [3.63, 3.8) is 0 Å². The first-order valence-corrected chi connectivity index (χ1v) is 6.94. The van der Waals surface area contributed by atoms with E-state index in [1.54, 1.807) is 14.2 Å². The second-order valence-corrected chi connectivity index (χ2v) is 5.94. The highest BCUT2D eigenvalue weighted by molar-refractivity contribution is 5.71. The number of benzene rings is 1. The van der Waals surface area contributed by atoms with E-state index in [1.807, 2.05) is 24.4 Å². The maximum absolute atomic E-state index is 5.45. The molecule has 0 aliphatic rings. The molecule has 5 heteroatoms. The normalized spacial score (nSPS) is 11.5. The fourth-order valence-corrected chi connectivity index (χ4v) is 2.05. The zero-order chi connectivity index (χ0) is 15.5. The lowest BCUT2D eigenvalue weighted by Gasteiger charge is -2.20. The van der Waals surface area contributed by atoms with Crippen molar-refractivity contribution in [1.82, 2.24) is 15.5 Å². The maximum Gasteiger partial charge on any atom is 0.128 e. The lowest BCUT2D eigenvalue weighted by molar-refractivity contribution is 0.404. The molecular formula is C16H23N3O2. The van der Waals surface area contributed by atoms with Crippen LogP contribution in [-0.4, -0.2) is 30.0 Å². The summed E-state index contributed by atoms with van der Waals surface area (Å²) in [6.45, 7) is 7.15. The molecule has 0 unspecified atom stereocenters. The van der Waals surface area contributed by atoms with Crippen LogP contribution in [0.4, 0.5) is 0 Å². The van der Waals surface area contributed by atoms with E-state index in [4.69, 9.17) is 9.47 Å². The van der Waals surface area contributed by atoms with Crippen molar-refractivity contribution in [2.45, 2.75) is 32.9 Å². The first-order chi connectivity index (χ1) is 9.94. The Morgan fingerprint density at radius 3 is 2.57 bits per heavy atom. The van der Waals surface area contributed by atoms with Crippen LogP contribution in [0, 0.1) is 0 Å². The summed E-state index contributed by atoms with van der Waals surface area (Å²) in [7, 11) is 3.31. The third-order valence-electron chi connectivity index (χ3n) is 3.20. The molecule has 0 aliphatic heterocycles. The summed E-state index contributed by atoms with van der Waals surface area (Å²) >= 11 is 0. The summed E-state index contributed by atoms with van der Waals surface area (Å²) in [5.41, 5.74) is 3.03. The van der Waals surface area contributed by atoms with Gasteiger partial charge in [-0.2, -0.15) is 5.10 Å². The van der Waals surface area contributed by atoms with E-state index in [-0.39, 0.29) is 5.54 Å². The minimum Gasteiger partial charge on any atom is -0.497 e. The van der Waals surface area contributed by atoms with Crippen LogP contribution in [0.1, 0.15) is 26.3 Å². The number of rotatable bonds is 5. The SMILES string of the molecule is COc1ccc(OC)c(-c2[nH]ncc2CNC(C)(C)C)c1. The summed E-state index contributed by atoms with van der Waals surface area (Å²) in [5, 5.41) is 10.7. The fourth-order valence-electron chi connectivity index (χ4n) is 2.05. The maximum atomic E-state index is 5.45. The van der Waals surface area contributed by atoms with E-state index in [0.29, 0.717) is 0 Å². The van der Waals surface area contributed by atoms with Crippen LogP contribution < -0.4 is 14.8 Å². The summed E-state index contributed by atoms with van der Waals surface area (Å²) in [4.78, 5) is 0. The number of aromatic nitrogens is 2. The van der Waals surface area contributed by atoms with Crippen molar-refractivity contribution in [2.24, 2.45) is 0 Å². The van der Waals surface area contributed by atoms with Crippen molar-refractivity contribution < 1.29 is 9.47 Å². The molecule has 5 nitrogen and oxygen atoms in total. The van der Waals surface area contributed by atoms with Crippen molar-refractivity contribution in [3.8, 4) is 22.8 Å². The van der Waals surface area contributed by atoms with Gasteiger partial charge in [0.1, 0.15) is 11.5 Å². The van der Waals surface area contributed by atoms with Gasteiger partial charge in [-0.05, 0) is 39.0 Å². The van der Waals surface area contributed by atoms with E-state index < -0.39 is 0 Å². The van der Waals surface area contributed by atoms with Gasteiger partial charge in [-0.15, -0.1) is 0 Å². The molecule has 0 amide bonds. The van der Waals surface area contributed by atoms with Crippen LogP contribution >= 0.6 is 0 Å². The molecule has 0 aliphatic carbocycles. The number of hydrogen-bond donors (Lipinski definition) is 2. The highest BCUT2D eigenvalue weighted by Gasteiger charge is 2.16. The minimum atomic E-state index is 0.0486. The van der Waals surface area contributed by atoms with E-state index in [2.05, 4.69) is 36.3 Å². The van der Waals surface area contributed by atoms with Crippen LogP contribution in [0.15, 0.2) is 24.4 Å². The molecule has 114 valence electrons. The van der Waals surface area contributed by atoms with Gasteiger partial charge in [-0.3, -0.25) is 5.10 Å². The largest absolute Gasteiger partial charge is 0.497 e. The number of hydrogen-bond acceptors (Lipinski definition) is 4. The average molecular weight is 289 g/mol. The highest BCUT2D eigenvalue weighted by atomic mass is 16.5. The van der Waals surface area contributed by atoms with Crippen molar-refractivity contribution in [1.29, 1.82) is 0 Å². The van der Waals surface area contributed by atoms with Gasteiger partial charge < -0.3 is 14.8 Å². The third-order valence-corrected chi connectivity index (χ3v) is 3.20. The second-order valence-electron chi connectivity index (χ2n) is 5.94. The van der Waals surface area contributed by atoms with Gasteiger partial charge in [-0.25, -0.2) is 0 Å².